The third-order valence-electron chi connectivity index (χ3n) is 1.68. The largest absolute Gasteiger partial charge is 0.333 e. The van der Waals surface area contributed by atoms with Crippen molar-refractivity contribution in [2.45, 2.75) is 5.16 Å². The van der Waals surface area contributed by atoms with Crippen molar-refractivity contribution in [2.75, 3.05) is 11.1 Å². The van der Waals surface area contributed by atoms with E-state index in [1.165, 1.54) is 0 Å². The van der Waals surface area contributed by atoms with Gasteiger partial charge in [0, 0.05) is 11.1 Å². The Morgan fingerprint density at radius 3 is 3.00 bits per heavy atom. The van der Waals surface area contributed by atoms with Crippen molar-refractivity contribution in [3.05, 3.63) is 24.3 Å². The van der Waals surface area contributed by atoms with Crippen molar-refractivity contribution >= 4 is 38.7 Å². The summed E-state index contributed by atoms with van der Waals surface area (Å²) in [4.78, 5) is 7.70. The highest BCUT2D eigenvalue weighted by Gasteiger charge is 2.00. The van der Waals surface area contributed by atoms with Crippen LogP contribution in [0.15, 0.2) is 29.4 Å². The quantitative estimate of drug-likeness (QED) is 0.676. The van der Waals surface area contributed by atoms with E-state index in [2.05, 4.69) is 25.9 Å². The van der Waals surface area contributed by atoms with Crippen LogP contribution in [0.5, 0.6) is 0 Å². The Bertz CT molecular complexity index is 366. The van der Waals surface area contributed by atoms with Crippen LogP contribution >= 0.6 is 27.7 Å². The topological polar surface area (TPSA) is 28.7 Å². The molecule has 0 amide bonds. The minimum absolute atomic E-state index is 0.995. The number of nitrogens with one attached hydrogen (secondary N) is 1. The Balaban J connectivity index is 2.28. The molecule has 0 radical (unpaired) electrons. The molecule has 0 aliphatic heterocycles. The number of hydrogen-bond acceptors (Lipinski definition) is 2. The van der Waals surface area contributed by atoms with Gasteiger partial charge >= 0.3 is 0 Å². The molecule has 0 atom stereocenters. The monoisotopic (exact) mass is 256 g/mol. The Morgan fingerprint density at radius 2 is 2.23 bits per heavy atom. The molecule has 1 N–H and O–H groups in total. The number of fused-ring (bicyclic) bond motifs is 1. The van der Waals surface area contributed by atoms with Gasteiger partial charge in [-0.25, -0.2) is 4.98 Å². The normalized spacial score (nSPS) is 10.8. The van der Waals surface area contributed by atoms with Crippen LogP contribution in [0.2, 0.25) is 0 Å². The van der Waals surface area contributed by atoms with Crippen LogP contribution in [-0.2, 0) is 0 Å². The summed E-state index contributed by atoms with van der Waals surface area (Å²) >= 11 is 5.12. The van der Waals surface area contributed by atoms with Crippen molar-refractivity contribution in [1.82, 2.24) is 9.97 Å². The summed E-state index contributed by atoms with van der Waals surface area (Å²) in [6.07, 6.45) is 0. The van der Waals surface area contributed by atoms with Crippen LogP contribution in [-0.4, -0.2) is 21.1 Å². The van der Waals surface area contributed by atoms with Crippen LogP contribution in [0.3, 0.4) is 0 Å². The van der Waals surface area contributed by atoms with Crippen molar-refractivity contribution in [2.24, 2.45) is 0 Å². The van der Waals surface area contributed by atoms with Crippen molar-refractivity contribution in [3.63, 3.8) is 0 Å². The van der Waals surface area contributed by atoms with E-state index in [1.54, 1.807) is 11.8 Å². The predicted molar refractivity (Wildman–Crippen MR) is 60.6 cm³/mol. The number of rotatable bonds is 3. The lowest BCUT2D eigenvalue weighted by Crippen LogP contribution is -1.79. The number of para-hydroxylation sites is 2. The SMILES string of the molecule is BrCCSc1nc2ccccc2[nH]1. The van der Waals surface area contributed by atoms with Crippen LogP contribution in [0, 0.1) is 0 Å². The fourth-order valence-electron chi connectivity index (χ4n) is 1.13. The number of aromatic amines is 1. The number of halogens is 1. The highest BCUT2D eigenvalue weighted by molar-refractivity contribution is 9.09. The molecule has 2 aromatic rings. The first-order valence-corrected chi connectivity index (χ1v) is 6.14. The van der Waals surface area contributed by atoms with E-state index in [0.717, 1.165) is 27.3 Å². The lowest BCUT2D eigenvalue weighted by atomic mass is 10.3. The molecular weight excluding hydrogens is 248 g/mol. The molecule has 2 rings (SSSR count). The molecule has 0 spiro atoms. The maximum Gasteiger partial charge on any atom is 0.166 e. The second-order valence-corrected chi connectivity index (χ2v) is 4.47. The molecule has 4 heteroatoms. The number of thioether (sulfide) groups is 1. The molecule has 2 nitrogen and oxygen atoms in total. The Labute approximate surface area is 89.3 Å². The fraction of sp³-hybridized carbons (Fsp3) is 0.222. The van der Waals surface area contributed by atoms with Crippen LogP contribution in [0.25, 0.3) is 11.0 Å². The summed E-state index contributed by atoms with van der Waals surface area (Å²) in [5, 5.41) is 2.00. The first-order valence-electron chi connectivity index (χ1n) is 4.03. The minimum Gasteiger partial charge on any atom is -0.333 e. The summed E-state index contributed by atoms with van der Waals surface area (Å²) in [6, 6.07) is 8.08. The number of alkyl halides is 1. The molecule has 0 aliphatic rings. The number of nitrogens with zero attached hydrogens (tertiary/aromatic N) is 1. The molecule has 13 heavy (non-hydrogen) atoms. The molecule has 0 saturated heterocycles. The van der Waals surface area contributed by atoms with E-state index in [-0.39, 0.29) is 0 Å². The lowest BCUT2D eigenvalue weighted by molar-refractivity contribution is 1.08. The molecule has 1 heterocycles. The van der Waals surface area contributed by atoms with Gasteiger partial charge in [-0.05, 0) is 12.1 Å². The van der Waals surface area contributed by atoms with Crippen molar-refractivity contribution in [1.29, 1.82) is 0 Å². The zero-order chi connectivity index (χ0) is 9.10. The summed E-state index contributed by atoms with van der Waals surface area (Å²) in [5.41, 5.74) is 2.15. The number of imidazole rings is 1. The van der Waals surface area contributed by atoms with E-state index in [4.69, 9.17) is 0 Å². The number of H-pyrrole nitrogens is 1. The predicted octanol–water partition coefficient (Wildman–Crippen LogP) is 3.05. The fourth-order valence-corrected chi connectivity index (χ4v) is 2.23. The zero-order valence-corrected chi connectivity index (χ0v) is 9.36. The molecule has 68 valence electrons. The zero-order valence-electron chi connectivity index (χ0n) is 6.96. The van der Waals surface area contributed by atoms with E-state index in [0.29, 0.717) is 0 Å². The third-order valence-corrected chi connectivity index (χ3v) is 3.48. The lowest BCUT2D eigenvalue weighted by Gasteiger charge is -1.89. The van der Waals surface area contributed by atoms with Gasteiger partial charge in [0.05, 0.1) is 11.0 Å². The van der Waals surface area contributed by atoms with Gasteiger partial charge in [0.1, 0.15) is 0 Å². The van der Waals surface area contributed by atoms with Crippen LogP contribution < -0.4 is 0 Å². The molecule has 0 saturated carbocycles. The molecule has 0 bridgehead atoms. The number of aromatic nitrogens is 2. The van der Waals surface area contributed by atoms with Gasteiger partial charge in [-0.1, -0.05) is 39.8 Å². The maximum atomic E-state index is 4.44. The van der Waals surface area contributed by atoms with Gasteiger partial charge in [-0.15, -0.1) is 0 Å². The number of hydrogen-bond donors (Lipinski definition) is 1. The van der Waals surface area contributed by atoms with Gasteiger partial charge in [0.15, 0.2) is 5.16 Å². The molecule has 1 aromatic carbocycles. The molecular formula is C9H9BrN2S. The third kappa shape index (κ3) is 2.06. The highest BCUT2D eigenvalue weighted by atomic mass is 79.9. The van der Waals surface area contributed by atoms with E-state index in [1.807, 2.05) is 24.3 Å². The summed E-state index contributed by atoms with van der Waals surface area (Å²) in [7, 11) is 0. The summed E-state index contributed by atoms with van der Waals surface area (Å²) < 4.78 is 0. The number of benzene rings is 1. The highest BCUT2D eigenvalue weighted by Crippen LogP contribution is 2.18. The summed E-state index contributed by atoms with van der Waals surface area (Å²) in [6.45, 7) is 0. The second-order valence-electron chi connectivity index (χ2n) is 2.60. The maximum absolute atomic E-state index is 4.44. The minimum atomic E-state index is 0.995. The van der Waals surface area contributed by atoms with Gasteiger partial charge < -0.3 is 4.98 Å². The molecule has 0 unspecified atom stereocenters. The average molecular weight is 257 g/mol. The first kappa shape index (κ1) is 9.09. The van der Waals surface area contributed by atoms with Gasteiger partial charge in [0.25, 0.3) is 0 Å². The van der Waals surface area contributed by atoms with Crippen molar-refractivity contribution < 1.29 is 0 Å². The molecule has 1 aromatic heterocycles. The van der Waals surface area contributed by atoms with Crippen LogP contribution in [0.1, 0.15) is 0 Å². The van der Waals surface area contributed by atoms with Gasteiger partial charge in [-0.3, -0.25) is 0 Å². The molecule has 0 fully saturated rings. The van der Waals surface area contributed by atoms with Gasteiger partial charge in [0.2, 0.25) is 0 Å². The second kappa shape index (κ2) is 4.15. The van der Waals surface area contributed by atoms with Crippen LogP contribution in [0.4, 0.5) is 0 Å². The first-order chi connectivity index (χ1) is 6.40. The Hall–Kier alpha value is -0.480. The Morgan fingerprint density at radius 1 is 1.38 bits per heavy atom. The Kier molecular flexibility index (Phi) is 2.90. The van der Waals surface area contributed by atoms with E-state index in [9.17, 15) is 0 Å². The van der Waals surface area contributed by atoms with Gasteiger partial charge in [-0.2, -0.15) is 0 Å². The average Bonchev–Trinajstić information content (AvgIpc) is 2.57. The summed E-state index contributed by atoms with van der Waals surface area (Å²) in [5.74, 6) is 1.04. The molecule has 0 aliphatic carbocycles. The van der Waals surface area contributed by atoms with E-state index >= 15 is 0 Å². The standard InChI is InChI=1S/C9H9BrN2S/c10-5-6-13-9-11-7-3-1-2-4-8(7)12-9/h1-4H,5-6H2,(H,11,12). The smallest absolute Gasteiger partial charge is 0.166 e. The van der Waals surface area contributed by atoms with Crippen molar-refractivity contribution in [3.8, 4) is 0 Å². The van der Waals surface area contributed by atoms with E-state index < -0.39 is 0 Å².